The standard InChI is InChI=1S/C16H25NO/c1-2-12-17(13-14-8-4-3-5-9-14)15-10-6-7-11-16(15)18/h6-7,10-11,14,18H,2-5,8-9,12-13H2,1H3. The third-order valence-corrected chi connectivity index (χ3v) is 3.92. The first-order valence-electron chi connectivity index (χ1n) is 7.34. The predicted octanol–water partition coefficient (Wildman–Crippen LogP) is 4.19. The smallest absolute Gasteiger partial charge is 0.138 e. The minimum atomic E-state index is 0.418. The molecule has 0 atom stereocenters. The van der Waals surface area contributed by atoms with E-state index in [0.29, 0.717) is 5.75 Å². The first kappa shape index (κ1) is 13.3. The molecule has 0 unspecified atom stereocenters. The minimum Gasteiger partial charge on any atom is -0.506 e. The molecule has 1 aliphatic carbocycles. The summed E-state index contributed by atoms with van der Waals surface area (Å²) in [5.74, 6) is 1.23. The number of phenolic OH excluding ortho intramolecular Hbond substituents is 1. The molecule has 2 nitrogen and oxygen atoms in total. The summed E-state index contributed by atoms with van der Waals surface area (Å²) in [6.45, 7) is 4.34. The largest absolute Gasteiger partial charge is 0.506 e. The molecule has 0 amide bonds. The maximum atomic E-state index is 10.00. The zero-order valence-electron chi connectivity index (χ0n) is 11.4. The summed E-state index contributed by atoms with van der Waals surface area (Å²) in [4.78, 5) is 2.37. The van der Waals surface area contributed by atoms with Crippen molar-refractivity contribution >= 4 is 5.69 Å². The Balaban J connectivity index is 2.05. The van der Waals surface area contributed by atoms with Crippen LogP contribution < -0.4 is 4.90 Å². The Labute approximate surface area is 111 Å². The van der Waals surface area contributed by atoms with E-state index in [0.717, 1.165) is 31.1 Å². The molecular weight excluding hydrogens is 222 g/mol. The molecule has 1 aliphatic rings. The fourth-order valence-electron chi connectivity index (χ4n) is 2.99. The van der Waals surface area contributed by atoms with Crippen molar-refractivity contribution < 1.29 is 5.11 Å². The minimum absolute atomic E-state index is 0.418. The highest BCUT2D eigenvalue weighted by Gasteiger charge is 2.18. The van der Waals surface area contributed by atoms with Crippen LogP contribution in [0.25, 0.3) is 0 Å². The van der Waals surface area contributed by atoms with Crippen molar-refractivity contribution in [1.82, 2.24) is 0 Å². The molecule has 1 saturated carbocycles. The lowest BCUT2D eigenvalue weighted by Gasteiger charge is -2.31. The predicted molar refractivity (Wildman–Crippen MR) is 77.2 cm³/mol. The molecule has 100 valence electrons. The number of hydrogen-bond donors (Lipinski definition) is 1. The maximum Gasteiger partial charge on any atom is 0.138 e. The number of benzene rings is 1. The number of aromatic hydroxyl groups is 1. The van der Waals surface area contributed by atoms with Gasteiger partial charge in [-0.3, -0.25) is 0 Å². The van der Waals surface area contributed by atoms with Gasteiger partial charge in [-0.2, -0.15) is 0 Å². The molecule has 0 bridgehead atoms. The molecule has 18 heavy (non-hydrogen) atoms. The van der Waals surface area contributed by atoms with Crippen molar-refractivity contribution in [2.24, 2.45) is 5.92 Å². The van der Waals surface area contributed by atoms with Crippen LogP contribution in [0, 0.1) is 5.92 Å². The van der Waals surface area contributed by atoms with Gasteiger partial charge in [0.15, 0.2) is 0 Å². The summed E-state index contributed by atoms with van der Waals surface area (Å²) in [7, 11) is 0. The van der Waals surface area contributed by atoms with Gasteiger partial charge in [-0.05, 0) is 37.3 Å². The first-order valence-corrected chi connectivity index (χ1v) is 7.34. The second kappa shape index (κ2) is 6.67. The van der Waals surface area contributed by atoms with Crippen LogP contribution >= 0.6 is 0 Å². The van der Waals surface area contributed by atoms with Gasteiger partial charge in [-0.25, -0.2) is 0 Å². The Morgan fingerprint density at radius 1 is 1.17 bits per heavy atom. The van der Waals surface area contributed by atoms with E-state index in [1.807, 2.05) is 18.2 Å². The fraction of sp³-hybridized carbons (Fsp3) is 0.625. The van der Waals surface area contributed by atoms with Crippen molar-refractivity contribution in [2.45, 2.75) is 45.4 Å². The number of phenols is 1. The third-order valence-electron chi connectivity index (χ3n) is 3.92. The lowest BCUT2D eigenvalue weighted by molar-refractivity contribution is 0.356. The van der Waals surface area contributed by atoms with Gasteiger partial charge < -0.3 is 10.0 Å². The van der Waals surface area contributed by atoms with E-state index >= 15 is 0 Å². The zero-order valence-corrected chi connectivity index (χ0v) is 11.4. The highest BCUT2D eigenvalue weighted by Crippen LogP contribution is 2.30. The second-order valence-electron chi connectivity index (χ2n) is 5.44. The van der Waals surface area contributed by atoms with Crippen LogP contribution in [-0.4, -0.2) is 18.2 Å². The molecule has 1 fully saturated rings. The number of para-hydroxylation sites is 2. The van der Waals surface area contributed by atoms with Crippen LogP contribution in [-0.2, 0) is 0 Å². The van der Waals surface area contributed by atoms with Crippen LogP contribution in [0.4, 0.5) is 5.69 Å². The molecule has 1 N–H and O–H groups in total. The van der Waals surface area contributed by atoms with Gasteiger partial charge in [0.1, 0.15) is 5.75 Å². The van der Waals surface area contributed by atoms with Gasteiger partial charge in [0.05, 0.1) is 5.69 Å². The summed E-state index contributed by atoms with van der Waals surface area (Å²) < 4.78 is 0. The monoisotopic (exact) mass is 247 g/mol. The van der Waals surface area contributed by atoms with E-state index in [1.165, 1.54) is 32.1 Å². The molecule has 1 aromatic rings. The van der Waals surface area contributed by atoms with E-state index < -0.39 is 0 Å². The van der Waals surface area contributed by atoms with Crippen molar-refractivity contribution in [2.75, 3.05) is 18.0 Å². The zero-order chi connectivity index (χ0) is 12.8. The van der Waals surface area contributed by atoms with Crippen LogP contribution in [0.15, 0.2) is 24.3 Å². The van der Waals surface area contributed by atoms with E-state index in [2.05, 4.69) is 11.8 Å². The molecule has 0 heterocycles. The number of rotatable bonds is 5. The highest BCUT2D eigenvalue weighted by molar-refractivity contribution is 5.57. The average Bonchev–Trinajstić information content (AvgIpc) is 2.40. The Morgan fingerprint density at radius 2 is 1.89 bits per heavy atom. The summed E-state index contributed by atoms with van der Waals surface area (Å²) in [5.41, 5.74) is 1.00. The summed E-state index contributed by atoms with van der Waals surface area (Å²) >= 11 is 0. The molecule has 2 heteroatoms. The molecule has 2 rings (SSSR count). The van der Waals surface area contributed by atoms with Gasteiger partial charge in [0.25, 0.3) is 0 Å². The van der Waals surface area contributed by atoms with Gasteiger partial charge >= 0.3 is 0 Å². The van der Waals surface area contributed by atoms with E-state index in [1.54, 1.807) is 6.07 Å². The molecule has 0 spiro atoms. The molecular formula is C16H25NO. The molecule has 0 aliphatic heterocycles. The summed E-state index contributed by atoms with van der Waals surface area (Å²) in [6, 6.07) is 7.73. The maximum absolute atomic E-state index is 10.00. The van der Waals surface area contributed by atoms with E-state index in [4.69, 9.17) is 0 Å². The number of anilines is 1. The van der Waals surface area contributed by atoms with Crippen molar-refractivity contribution in [3.8, 4) is 5.75 Å². The quantitative estimate of drug-likeness (QED) is 0.843. The van der Waals surface area contributed by atoms with Gasteiger partial charge in [0.2, 0.25) is 0 Å². The Hall–Kier alpha value is -1.18. The van der Waals surface area contributed by atoms with Crippen molar-refractivity contribution in [1.29, 1.82) is 0 Å². The molecule has 1 aromatic carbocycles. The normalized spacial score (nSPS) is 16.7. The van der Waals surface area contributed by atoms with Crippen LogP contribution in [0.5, 0.6) is 5.75 Å². The SMILES string of the molecule is CCCN(CC1CCCCC1)c1ccccc1O. The second-order valence-corrected chi connectivity index (χ2v) is 5.44. The molecule has 0 aromatic heterocycles. The van der Waals surface area contributed by atoms with E-state index in [9.17, 15) is 5.11 Å². The summed E-state index contributed by atoms with van der Waals surface area (Å²) in [6.07, 6.45) is 8.00. The topological polar surface area (TPSA) is 23.5 Å². The number of nitrogens with zero attached hydrogens (tertiary/aromatic N) is 1. The first-order chi connectivity index (χ1) is 8.81. The third kappa shape index (κ3) is 3.41. The Bertz CT molecular complexity index is 358. The summed E-state index contributed by atoms with van der Waals surface area (Å²) in [5, 5.41) is 10.00. The van der Waals surface area contributed by atoms with E-state index in [-0.39, 0.29) is 0 Å². The molecule has 0 saturated heterocycles. The van der Waals surface area contributed by atoms with Gasteiger partial charge in [0, 0.05) is 13.1 Å². The molecule has 0 radical (unpaired) electrons. The average molecular weight is 247 g/mol. The number of hydrogen-bond acceptors (Lipinski definition) is 2. The van der Waals surface area contributed by atoms with Gasteiger partial charge in [-0.1, -0.05) is 38.3 Å². The van der Waals surface area contributed by atoms with Crippen LogP contribution in [0.2, 0.25) is 0 Å². The Morgan fingerprint density at radius 3 is 2.56 bits per heavy atom. The fourth-order valence-corrected chi connectivity index (χ4v) is 2.99. The van der Waals surface area contributed by atoms with Crippen LogP contribution in [0.1, 0.15) is 45.4 Å². The van der Waals surface area contributed by atoms with Crippen LogP contribution in [0.3, 0.4) is 0 Å². The lowest BCUT2D eigenvalue weighted by atomic mass is 9.89. The van der Waals surface area contributed by atoms with Crippen molar-refractivity contribution in [3.05, 3.63) is 24.3 Å². The Kier molecular flexibility index (Phi) is 4.91. The highest BCUT2D eigenvalue weighted by atomic mass is 16.3. The van der Waals surface area contributed by atoms with Crippen molar-refractivity contribution in [3.63, 3.8) is 0 Å². The van der Waals surface area contributed by atoms with Gasteiger partial charge in [-0.15, -0.1) is 0 Å². The lowest BCUT2D eigenvalue weighted by Crippen LogP contribution is -2.31.